The molecular weight excluding hydrogens is 194 g/mol. The van der Waals surface area contributed by atoms with Crippen molar-refractivity contribution in [3.8, 4) is 0 Å². The van der Waals surface area contributed by atoms with Gasteiger partial charge in [-0.15, -0.1) is 0 Å². The van der Waals surface area contributed by atoms with Crippen LogP contribution in [0.4, 0.5) is 0 Å². The maximum Gasteiger partial charge on any atom is 0.00928 e. The normalized spacial score (nSPS) is 27.9. The van der Waals surface area contributed by atoms with Crippen molar-refractivity contribution in [2.45, 2.75) is 78.2 Å². The number of hydrogen-bond acceptors (Lipinski definition) is 1. The van der Waals surface area contributed by atoms with E-state index in [1.54, 1.807) is 0 Å². The lowest BCUT2D eigenvalue weighted by molar-refractivity contribution is 0.262. The first-order valence-electron chi connectivity index (χ1n) is 7.51. The minimum atomic E-state index is 0.810. The van der Waals surface area contributed by atoms with E-state index in [0.717, 1.165) is 17.9 Å². The summed E-state index contributed by atoms with van der Waals surface area (Å²) in [5, 5.41) is 3.83. The smallest absolute Gasteiger partial charge is 0.00928 e. The highest BCUT2D eigenvalue weighted by Crippen LogP contribution is 2.24. The van der Waals surface area contributed by atoms with E-state index < -0.39 is 0 Å². The summed E-state index contributed by atoms with van der Waals surface area (Å²) in [6.45, 7) is 8.31. The molecule has 0 bridgehead atoms. The highest BCUT2D eigenvalue weighted by molar-refractivity contribution is 4.78. The summed E-state index contributed by atoms with van der Waals surface area (Å²) in [5.41, 5.74) is 0. The Labute approximate surface area is 102 Å². The van der Waals surface area contributed by atoms with Crippen LogP contribution >= 0.6 is 0 Å². The van der Waals surface area contributed by atoms with Crippen LogP contribution in [0.5, 0.6) is 0 Å². The lowest BCUT2D eigenvalue weighted by atomic mass is 9.85. The van der Waals surface area contributed by atoms with Crippen molar-refractivity contribution >= 4 is 0 Å². The molecular formula is C15H31N. The fraction of sp³-hybridized carbons (Fsp3) is 1.00. The van der Waals surface area contributed by atoms with E-state index in [1.807, 2.05) is 0 Å². The van der Waals surface area contributed by atoms with E-state index in [0.29, 0.717) is 0 Å². The van der Waals surface area contributed by atoms with Gasteiger partial charge >= 0.3 is 0 Å². The molecule has 1 fully saturated rings. The molecule has 0 amide bonds. The molecule has 0 aromatic carbocycles. The van der Waals surface area contributed by atoms with Gasteiger partial charge in [-0.25, -0.2) is 0 Å². The van der Waals surface area contributed by atoms with E-state index in [9.17, 15) is 0 Å². The Kier molecular flexibility index (Phi) is 7.11. The average Bonchev–Trinajstić information content (AvgIpc) is 2.31. The maximum atomic E-state index is 3.83. The van der Waals surface area contributed by atoms with Crippen molar-refractivity contribution in [2.24, 2.45) is 11.8 Å². The molecule has 96 valence electrons. The van der Waals surface area contributed by atoms with E-state index >= 15 is 0 Å². The molecule has 16 heavy (non-hydrogen) atoms. The lowest BCUT2D eigenvalue weighted by Crippen LogP contribution is -2.39. The van der Waals surface area contributed by atoms with Crippen LogP contribution in [-0.4, -0.2) is 12.6 Å². The Bertz CT molecular complexity index is 167. The molecule has 1 nitrogen and oxygen atoms in total. The molecule has 1 N–H and O–H groups in total. The monoisotopic (exact) mass is 225 g/mol. The predicted octanol–water partition coefficient (Wildman–Crippen LogP) is 4.37. The Morgan fingerprint density at radius 3 is 2.56 bits per heavy atom. The largest absolute Gasteiger partial charge is 0.313 e. The van der Waals surface area contributed by atoms with Crippen LogP contribution in [0.1, 0.15) is 72.1 Å². The molecule has 1 rings (SSSR count). The van der Waals surface area contributed by atoms with Crippen LogP contribution in [0.3, 0.4) is 0 Å². The van der Waals surface area contributed by atoms with E-state index in [-0.39, 0.29) is 0 Å². The average molecular weight is 225 g/mol. The fourth-order valence-corrected chi connectivity index (χ4v) is 2.88. The van der Waals surface area contributed by atoms with Crippen LogP contribution < -0.4 is 5.32 Å². The van der Waals surface area contributed by atoms with Crippen LogP contribution in [0.2, 0.25) is 0 Å². The van der Waals surface area contributed by atoms with Gasteiger partial charge in [0.25, 0.3) is 0 Å². The molecule has 1 saturated carbocycles. The number of hydrogen-bond donors (Lipinski definition) is 1. The van der Waals surface area contributed by atoms with Gasteiger partial charge in [0, 0.05) is 6.04 Å². The first-order valence-corrected chi connectivity index (χ1v) is 7.51. The van der Waals surface area contributed by atoms with Crippen LogP contribution in [0.25, 0.3) is 0 Å². The molecule has 3 unspecified atom stereocenters. The molecule has 0 radical (unpaired) electrons. The second kappa shape index (κ2) is 8.11. The van der Waals surface area contributed by atoms with Crippen LogP contribution in [-0.2, 0) is 0 Å². The third-order valence-corrected chi connectivity index (χ3v) is 4.32. The molecule has 0 aromatic heterocycles. The Morgan fingerprint density at radius 2 is 1.94 bits per heavy atom. The molecule has 1 aliphatic carbocycles. The lowest BCUT2D eigenvalue weighted by Gasteiger charge is -2.31. The number of nitrogens with one attached hydrogen (secondary N) is 1. The summed E-state index contributed by atoms with van der Waals surface area (Å²) in [6, 6.07) is 0.810. The zero-order valence-electron chi connectivity index (χ0n) is 11.6. The summed E-state index contributed by atoms with van der Waals surface area (Å²) < 4.78 is 0. The standard InChI is InChI=1S/C15H31N/c1-4-6-10-14(5-2)12-16-15-11-8-7-9-13(15)3/h13-16H,4-12H2,1-3H3. The van der Waals surface area contributed by atoms with Gasteiger partial charge in [0.1, 0.15) is 0 Å². The van der Waals surface area contributed by atoms with Crippen molar-refractivity contribution in [3.05, 3.63) is 0 Å². The molecule has 0 heterocycles. The quantitative estimate of drug-likeness (QED) is 0.678. The number of unbranched alkanes of at least 4 members (excludes halogenated alkanes) is 1. The third kappa shape index (κ3) is 4.86. The van der Waals surface area contributed by atoms with Gasteiger partial charge < -0.3 is 5.32 Å². The van der Waals surface area contributed by atoms with Gasteiger partial charge in [0.2, 0.25) is 0 Å². The van der Waals surface area contributed by atoms with Crippen LogP contribution in [0, 0.1) is 11.8 Å². The molecule has 0 saturated heterocycles. The topological polar surface area (TPSA) is 12.0 Å². The van der Waals surface area contributed by atoms with E-state index in [4.69, 9.17) is 0 Å². The highest BCUT2D eigenvalue weighted by atomic mass is 14.9. The summed E-state index contributed by atoms with van der Waals surface area (Å²) in [4.78, 5) is 0. The van der Waals surface area contributed by atoms with Crippen molar-refractivity contribution in [1.82, 2.24) is 5.32 Å². The SMILES string of the molecule is CCCCC(CC)CNC1CCCCC1C. The van der Waals surface area contributed by atoms with Gasteiger partial charge in [-0.05, 0) is 37.6 Å². The first kappa shape index (κ1) is 14.0. The minimum absolute atomic E-state index is 0.810. The van der Waals surface area contributed by atoms with Crippen molar-refractivity contribution in [1.29, 1.82) is 0 Å². The number of rotatable bonds is 7. The third-order valence-electron chi connectivity index (χ3n) is 4.32. The second-order valence-electron chi connectivity index (χ2n) is 5.69. The summed E-state index contributed by atoms with van der Waals surface area (Å²) in [6.07, 6.45) is 11.2. The summed E-state index contributed by atoms with van der Waals surface area (Å²) in [5.74, 6) is 1.81. The molecule has 1 heteroatoms. The predicted molar refractivity (Wildman–Crippen MR) is 72.7 cm³/mol. The minimum Gasteiger partial charge on any atom is -0.313 e. The van der Waals surface area contributed by atoms with Crippen molar-refractivity contribution in [2.75, 3.05) is 6.54 Å². The molecule has 3 atom stereocenters. The fourth-order valence-electron chi connectivity index (χ4n) is 2.88. The highest BCUT2D eigenvalue weighted by Gasteiger charge is 2.21. The van der Waals surface area contributed by atoms with Crippen molar-refractivity contribution < 1.29 is 0 Å². The van der Waals surface area contributed by atoms with Gasteiger partial charge in [-0.3, -0.25) is 0 Å². The summed E-state index contributed by atoms with van der Waals surface area (Å²) in [7, 11) is 0. The molecule has 0 aromatic rings. The zero-order valence-corrected chi connectivity index (χ0v) is 11.6. The Hall–Kier alpha value is -0.0400. The van der Waals surface area contributed by atoms with Gasteiger partial charge in [0.15, 0.2) is 0 Å². The second-order valence-corrected chi connectivity index (χ2v) is 5.69. The maximum absolute atomic E-state index is 3.83. The van der Waals surface area contributed by atoms with Gasteiger partial charge in [-0.1, -0.05) is 52.9 Å². The summed E-state index contributed by atoms with van der Waals surface area (Å²) >= 11 is 0. The van der Waals surface area contributed by atoms with Gasteiger partial charge in [-0.2, -0.15) is 0 Å². The molecule has 0 aliphatic heterocycles. The Morgan fingerprint density at radius 1 is 1.19 bits per heavy atom. The zero-order chi connectivity index (χ0) is 11.8. The molecule has 0 spiro atoms. The van der Waals surface area contributed by atoms with E-state index in [1.165, 1.54) is 57.9 Å². The van der Waals surface area contributed by atoms with E-state index in [2.05, 4.69) is 26.1 Å². The Balaban J connectivity index is 2.19. The first-order chi connectivity index (χ1) is 7.77. The molecule has 1 aliphatic rings. The van der Waals surface area contributed by atoms with Crippen LogP contribution in [0.15, 0.2) is 0 Å². The van der Waals surface area contributed by atoms with Crippen molar-refractivity contribution in [3.63, 3.8) is 0 Å². The van der Waals surface area contributed by atoms with Gasteiger partial charge in [0.05, 0.1) is 0 Å².